The number of rotatable bonds is 10. The molecule has 1 nitrogen and oxygen atoms in total. The van der Waals surface area contributed by atoms with Gasteiger partial charge in [0.05, 0.1) is 6.26 Å². The smallest absolute Gasteiger partial charge is 0.126 e. The van der Waals surface area contributed by atoms with Crippen molar-refractivity contribution < 1.29 is 4.74 Å². The Labute approximate surface area is 112 Å². The maximum Gasteiger partial charge on any atom is 0.126 e. The summed E-state index contributed by atoms with van der Waals surface area (Å²) in [6.45, 7) is 2.26. The topological polar surface area (TPSA) is 9.23 Å². The van der Waals surface area contributed by atoms with Gasteiger partial charge in [0.2, 0.25) is 0 Å². The largest absolute Gasteiger partial charge is 0.465 e. The number of benzene rings is 1. The minimum absolute atomic E-state index is 0.910. The molecule has 0 unspecified atom stereocenters. The summed E-state index contributed by atoms with van der Waals surface area (Å²) in [5, 5.41) is 0. The molecule has 0 heterocycles. The second kappa shape index (κ2) is 10.9. The highest BCUT2D eigenvalue weighted by molar-refractivity contribution is 5.21. The van der Waals surface area contributed by atoms with Gasteiger partial charge in [0.1, 0.15) is 5.75 Å². The van der Waals surface area contributed by atoms with Crippen LogP contribution in [-0.4, -0.2) is 0 Å². The zero-order valence-electron chi connectivity index (χ0n) is 11.6. The monoisotopic (exact) mass is 246 g/mol. The van der Waals surface area contributed by atoms with E-state index in [9.17, 15) is 0 Å². The van der Waals surface area contributed by atoms with Crippen molar-refractivity contribution in [2.24, 2.45) is 0 Å². The molecule has 0 radical (unpaired) electrons. The molecule has 0 spiro atoms. The normalized spacial score (nSPS) is 10.9. The van der Waals surface area contributed by atoms with E-state index in [4.69, 9.17) is 4.74 Å². The quantitative estimate of drug-likeness (QED) is 0.379. The van der Waals surface area contributed by atoms with Crippen molar-refractivity contribution in [3.63, 3.8) is 0 Å². The molecule has 0 aliphatic rings. The van der Waals surface area contributed by atoms with Crippen LogP contribution in [0, 0.1) is 0 Å². The summed E-state index contributed by atoms with van der Waals surface area (Å²) in [5.41, 5.74) is 0. The SMILES string of the molecule is CCCCCCCCCC=COc1ccccc1. The van der Waals surface area contributed by atoms with Crippen molar-refractivity contribution in [1.29, 1.82) is 0 Å². The molecule has 0 aliphatic carbocycles. The summed E-state index contributed by atoms with van der Waals surface area (Å²) >= 11 is 0. The molecule has 0 aromatic heterocycles. The minimum Gasteiger partial charge on any atom is -0.465 e. The molecule has 0 amide bonds. The number of hydrogen-bond acceptors (Lipinski definition) is 1. The molecule has 0 N–H and O–H groups in total. The van der Waals surface area contributed by atoms with Crippen molar-refractivity contribution in [1.82, 2.24) is 0 Å². The predicted octanol–water partition coefficient (Wildman–Crippen LogP) is 5.72. The Hall–Kier alpha value is -1.24. The summed E-state index contributed by atoms with van der Waals surface area (Å²) in [5.74, 6) is 0.910. The molecule has 0 bridgehead atoms. The molecule has 1 aromatic carbocycles. The van der Waals surface area contributed by atoms with Crippen molar-refractivity contribution >= 4 is 0 Å². The first-order valence-corrected chi connectivity index (χ1v) is 7.30. The minimum atomic E-state index is 0.910. The Morgan fingerprint density at radius 3 is 2.28 bits per heavy atom. The van der Waals surface area contributed by atoms with Gasteiger partial charge in [-0.3, -0.25) is 0 Å². The van der Waals surface area contributed by atoms with Crippen molar-refractivity contribution in [3.8, 4) is 5.75 Å². The third kappa shape index (κ3) is 7.94. The second-order valence-corrected chi connectivity index (χ2v) is 4.71. The van der Waals surface area contributed by atoms with Crippen LogP contribution in [0.15, 0.2) is 42.7 Å². The van der Waals surface area contributed by atoms with E-state index in [-0.39, 0.29) is 0 Å². The number of allylic oxidation sites excluding steroid dienone is 1. The first kappa shape index (κ1) is 14.8. The third-order valence-electron chi connectivity index (χ3n) is 3.02. The Kier molecular flexibility index (Phi) is 8.96. The summed E-state index contributed by atoms with van der Waals surface area (Å²) in [4.78, 5) is 0. The number of ether oxygens (including phenoxy) is 1. The van der Waals surface area contributed by atoms with Gasteiger partial charge in [0.25, 0.3) is 0 Å². The Morgan fingerprint density at radius 1 is 0.889 bits per heavy atom. The fraction of sp³-hybridized carbons (Fsp3) is 0.529. The van der Waals surface area contributed by atoms with Gasteiger partial charge in [-0.15, -0.1) is 0 Å². The maximum absolute atomic E-state index is 5.49. The van der Waals surface area contributed by atoms with E-state index in [1.54, 1.807) is 0 Å². The molecule has 1 aromatic rings. The van der Waals surface area contributed by atoms with Gasteiger partial charge in [-0.1, -0.05) is 63.6 Å². The molecule has 1 heteroatoms. The van der Waals surface area contributed by atoms with Crippen LogP contribution >= 0.6 is 0 Å². The van der Waals surface area contributed by atoms with Crippen molar-refractivity contribution in [3.05, 3.63) is 42.7 Å². The Balaban J connectivity index is 1.91. The molecule has 18 heavy (non-hydrogen) atoms. The van der Waals surface area contributed by atoms with Crippen LogP contribution in [-0.2, 0) is 0 Å². The maximum atomic E-state index is 5.49. The van der Waals surface area contributed by atoms with Gasteiger partial charge in [-0.2, -0.15) is 0 Å². The molecular formula is C17H26O. The van der Waals surface area contributed by atoms with Crippen LogP contribution in [0.5, 0.6) is 5.75 Å². The van der Waals surface area contributed by atoms with Crippen LogP contribution in [0.3, 0.4) is 0 Å². The van der Waals surface area contributed by atoms with Crippen LogP contribution in [0.2, 0.25) is 0 Å². The highest BCUT2D eigenvalue weighted by Gasteiger charge is 1.90. The van der Waals surface area contributed by atoms with Gasteiger partial charge < -0.3 is 4.74 Å². The molecule has 100 valence electrons. The molecule has 0 atom stereocenters. The molecule has 1 rings (SSSR count). The van der Waals surface area contributed by atoms with E-state index < -0.39 is 0 Å². The first-order valence-electron chi connectivity index (χ1n) is 7.30. The predicted molar refractivity (Wildman–Crippen MR) is 78.8 cm³/mol. The zero-order chi connectivity index (χ0) is 12.9. The molecule has 0 aliphatic heterocycles. The Bertz CT molecular complexity index is 303. The van der Waals surface area contributed by atoms with Crippen LogP contribution in [0.1, 0.15) is 58.3 Å². The van der Waals surface area contributed by atoms with Crippen molar-refractivity contribution in [2.45, 2.75) is 58.3 Å². The lowest BCUT2D eigenvalue weighted by Crippen LogP contribution is -1.82. The Morgan fingerprint density at radius 2 is 1.56 bits per heavy atom. The van der Waals surface area contributed by atoms with E-state index in [2.05, 4.69) is 13.0 Å². The lowest BCUT2D eigenvalue weighted by molar-refractivity contribution is 0.477. The molecule has 0 saturated heterocycles. The van der Waals surface area contributed by atoms with E-state index in [0.717, 1.165) is 12.2 Å². The highest BCUT2D eigenvalue weighted by atomic mass is 16.5. The summed E-state index contributed by atoms with van der Waals surface area (Å²) in [6.07, 6.45) is 14.6. The highest BCUT2D eigenvalue weighted by Crippen LogP contribution is 2.10. The lowest BCUT2D eigenvalue weighted by Gasteiger charge is -2.00. The first-order chi connectivity index (χ1) is 8.93. The van der Waals surface area contributed by atoms with Gasteiger partial charge >= 0.3 is 0 Å². The standard InChI is InChI=1S/C17H26O/c1-2-3-4-5-6-7-8-9-13-16-18-17-14-11-10-12-15-17/h10-16H,2-9H2,1H3. The summed E-state index contributed by atoms with van der Waals surface area (Å²) < 4.78 is 5.49. The van der Waals surface area contributed by atoms with Crippen LogP contribution in [0.4, 0.5) is 0 Å². The van der Waals surface area contributed by atoms with Gasteiger partial charge in [0.15, 0.2) is 0 Å². The van der Waals surface area contributed by atoms with E-state index >= 15 is 0 Å². The van der Waals surface area contributed by atoms with Crippen LogP contribution < -0.4 is 4.74 Å². The number of hydrogen-bond donors (Lipinski definition) is 0. The fourth-order valence-corrected chi connectivity index (χ4v) is 1.91. The number of para-hydroxylation sites is 1. The second-order valence-electron chi connectivity index (χ2n) is 4.71. The molecule has 0 fully saturated rings. The summed E-state index contributed by atoms with van der Waals surface area (Å²) in [7, 11) is 0. The van der Waals surface area contributed by atoms with Gasteiger partial charge in [-0.05, 0) is 31.1 Å². The average Bonchev–Trinajstić information content (AvgIpc) is 2.42. The number of unbranched alkanes of at least 4 members (excludes halogenated alkanes) is 7. The summed E-state index contributed by atoms with van der Waals surface area (Å²) in [6, 6.07) is 9.91. The zero-order valence-corrected chi connectivity index (χ0v) is 11.6. The molecular weight excluding hydrogens is 220 g/mol. The average molecular weight is 246 g/mol. The van der Waals surface area contributed by atoms with E-state index in [1.165, 1.54) is 44.9 Å². The third-order valence-corrected chi connectivity index (χ3v) is 3.02. The van der Waals surface area contributed by atoms with E-state index in [1.807, 2.05) is 36.6 Å². The van der Waals surface area contributed by atoms with Gasteiger partial charge in [-0.25, -0.2) is 0 Å². The van der Waals surface area contributed by atoms with Crippen LogP contribution in [0.25, 0.3) is 0 Å². The van der Waals surface area contributed by atoms with E-state index in [0.29, 0.717) is 0 Å². The van der Waals surface area contributed by atoms with Crippen molar-refractivity contribution in [2.75, 3.05) is 0 Å². The lowest BCUT2D eigenvalue weighted by atomic mass is 10.1. The molecule has 0 saturated carbocycles. The fourth-order valence-electron chi connectivity index (χ4n) is 1.91. The van der Waals surface area contributed by atoms with Gasteiger partial charge in [0, 0.05) is 0 Å².